The van der Waals surface area contributed by atoms with Crippen LogP contribution in [0.15, 0.2) is 28.0 Å². The van der Waals surface area contributed by atoms with Crippen LogP contribution < -0.4 is 5.32 Å². The molecule has 0 saturated carbocycles. The van der Waals surface area contributed by atoms with Gasteiger partial charge in [0.1, 0.15) is 5.71 Å². The highest BCUT2D eigenvalue weighted by atomic mass is 16.7. The van der Waals surface area contributed by atoms with Crippen LogP contribution in [0.25, 0.3) is 0 Å². The molecule has 1 aromatic rings. The average Bonchev–Trinajstić information content (AvgIpc) is 3.26. The van der Waals surface area contributed by atoms with E-state index in [0.717, 1.165) is 0 Å². The van der Waals surface area contributed by atoms with Crippen LogP contribution in [0.1, 0.15) is 37.2 Å². The van der Waals surface area contributed by atoms with E-state index < -0.39 is 5.60 Å². The van der Waals surface area contributed by atoms with Gasteiger partial charge >= 0.3 is 0 Å². The second kappa shape index (κ2) is 6.06. The molecule has 1 atom stereocenters. The van der Waals surface area contributed by atoms with Crippen LogP contribution in [0, 0.1) is 5.92 Å². The van der Waals surface area contributed by atoms with Gasteiger partial charge in [0, 0.05) is 25.9 Å². The quantitative estimate of drug-likeness (QED) is 0.909. The minimum Gasteiger partial charge on any atom is -0.459 e. The van der Waals surface area contributed by atoms with Crippen molar-refractivity contribution in [2.75, 3.05) is 19.6 Å². The maximum atomic E-state index is 12.3. The molecule has 124 valence electrons. The maximum Gasteiger partial charge on any atom is 0.289 e. The van der Waals surface area contributed by atoms with Crippen LogP contribution in [-0.2, 0) is 9.63 Å². The number of hydrogen-bond donors (Lipinski definition) is 1. The molecule has 2 amide bonds. The van der Waals surface area contributed by atoms with E-state index in [4.69, 9.17) is 9.25 Å². The number of oxime groups is 1. The molecule has 1 unspecified atom stereocenters. The van der Waals surface area contributed by atoms with E-state index in [1.807, 2.05) is 13.8 Å². The Hall–Kier alpha value is -2.31. The van der Waals surface area contributed by atoms with E-state index in [1.54, 1.807) is 17.0 Å². The standard InChI is InChI=1S/C16H21N3O4/c1-11(2)9-17-14(20)12-8-16(23-18-12)5-6-19(10-16)15(21)13-4-3-7-22-13/h3-4,7,11H,5-6,8-10H2,1-2H3,(H,17,20). The van der Waals surface area contributed by atoms with Gasteiger partial charge in [-0.1, -0.05) is 19.0 Å². The lowest BCUT2D eigenvalue weighted by Crippen LogP contribution is -2.39. The number of carbonyl (C=O) groups is 2. The predicted molar refractivity (Wildman–Crippen MR) is 82.9 cm³/mol. The summed E-state index contributed by atoms with van der Waals surface area (Å²) in [6.07, 6.45) is 2.56. The van der Waals surface area contributed by atoms with E-state index in [0.29, 0.717) is 49.9 Å². The molecule has 3 heterocycles. The van der Waals surface area contributed by atoms with Gasteiger partial charge in [0.25, 0.3) is 11.8 Å². The smallest absolute Gasteiger partial charge is 0.289 e. The van der Waals surface area contributed by atoms with Crippen LogP contribution in [0.3, 0.4) is 0 Å². The Labute approximate surface area is 134 Å². The van der Waals surface area contributed by atoms with Gasteiger partial charge in [-0.05, 0) is 18.1 Å². The molecule has 0 aromatic carbocycles. The zero-order chi connectivity index (χ0) is 16.4. The van der Waals surface area contributed by atoms with E-state index in [2.05, 4.69) is 10.5 Å². The summed E-state index contributed by atoms with van der Waals surface area (Å²) in [7, 11) is 0. The summed E-state index contributed by atoms with van der Waals surface area (Å²) in [6.45, 7) is 5.65. The highest BCUT2D eigenvalue weighted by molar-refractivity contribution is 6.39. The summed E-state index contributed by atoms with van der Waals surface area (Å²) in [5, 5.41) is 6.79. The summed E-state index contributed by atoms with van der Waals surface area (Å²) >= 11 is 0. The zero-order valence-corrected chi connectivity index (χ0v) is 13.4. The number of nitrogens with one attached hydrogen (secondary N) is 1. The monoisotopic (exact) mass is 319 g/mol. The van der Waals surface area contributed by atoms with E-state index in [9.17, 15) is 9.59 Å². The third-order valence-corrected chi connectivity index (χ3v) is 4.11. The van der Waals surface area contributed by atoms with Gasteiger partial charge in [0.15, 0.2) is 11.4 Å². The molecular formula is C16H21N3O4. The second-order valence-corrected chi connectivity index (χ2v) is 6.55. The van der Waals surface area contributed by atoms with Crippen molar-refractivity contribution in [3.63, 3.8) is 0 Å². The lowest BCUT2D eigenvalue weighted by molar-refractivity contribution is -0.115. The van der Waals surface area contributed by atoms with Gasteiger partial charge in [-0.15, -0.1) is 0 Å². The number of carbonyl (C=O) groups excluding carboxylic acids is 2. The Morgan fingerprint density at radius 2 is 2.30 bits per heavy atom. The number of nitrogens with zero attached hydrogens (tertiary/aromatic N) is 2. The molecule has 0 aliphatic carbocycles. The molecule has 3 rings (SSSR count). The van der Waals surface area contributed by atoms with Crippen molar-refractivity contribution in [2.45, 2.75) is 32.3 Å². The summed E-state index contributed by atoms with van der Waals surface area (Å²) in [5.41, 5.74) is -0.176. The SMILES string of the molecule is CC(C)CNC(=O)C1=NOC2(CCN(C(=O)c3ccco3)C2)C1. The van der Waals surface area contributed by atoms with Gasteiger partial charge in [-0.3, -0.25) is 9.59 Å². The molecule has 7 heteroatoms. The molecule has 1 spiro atoms. The molecule has 0 radical (unpaired) electrons. The molecule has 23 heavy (non-hydrogen) atoms. The number of furan rings is 1. The minimum atomic E-state index is -0.577. The van der Waals surface area contributed by atoms with Crippen molar-refractivity contribution < 1.29 is 18.8 Å². The molecule has 0 bridgehead atoms. The predicted octanol–water partition coefficient (Wildman–Crippen LogP) is 1.41. The summed E-state index contributed by atoms with van der Waals surface area (Å²) in [4.78, 5) is 31.6. The normalized spacial score (nSPS) is 23.3. The van der Waals surface area contributed by atoms with Crippen molar-refractivity contribution in [2.24, 2.45) is 11.1 Å². The second-order valence-electron chi connectivity index (χ2n) is 6.55. The lowest BCUT2D eigenvalue weighted by atomic mass is 9.96. The highest BCUT2D eigenvalue weighted by Crippen LogP contribution is 2.34. The highest BCUT2D eigenvalue weighted by Gasteiger charge is 2.48. The van der Waals surface area contributed by atoms with Crippen LogP contribution in [0.4, 0.5) is 0 Å². The fraction of sp³-hybridized carbons (Fsp3) is 0.562. The fourth-order valence-corrected chi connectivity index (χ4v) is 2.84. The molecular weight excluding hydrogens is 298 g/mol. The van der Waals surface area contributed by atoms with Crippen molar-refractivity contribution >= 4 is 17.5 Å². The van der Waals surface area contributed by atoms with E-state index in [-0.39, 0.29) is 11.8 Å². The number of likely N-dealkylation sites (tertiary alicyclic amines) is 1. The van der Waals surface area contributed by atoms with Gasteiger partial charge in [0.2, 0.25) is 0 Å². The summed E-state index contributed by atoms with van der Waals surface area (Å²) < 4.78 is 5.15. The number of rotatable bonds is 4. The van der Waals surface area contributed by atoms with Crippen LogP contribution in [0.5, 0.6) is 0 Å². The molecule has 1 N–H and O–H groups in total. The first-order valence-corrected chi connectivity index (χ1v) is 7.85. The molecule has 1 fully saturated rings. The fourth-order valence-electron chi connectivity index (χ4n) is 2.84. The van der Waals surface area contributed by atoms with Crippen LogP contribution in [0.2, 0.25) is 0 Å². The van der Waals surface area contributed by atoms with Crippen LogP contribution in [-0.4, -0.2) is 47.7 Å². The maximum absolute atomic E-state index is 12.3. The van der Waals surface area contributed by atoms with Crippen molar-refractivity contribution in [1.82, 2.24) is 10.2 Å². The van der Waals surface area contributed by atoms with Crippen molar-refractivity contribution in [3.05, 3.63) is 24.2 Å². The van der Waals surface area contributed by atoms with Crippen LogP contribution >= 0.6 is 0 Å². The number of amides is 2. The van der Waals surface area contributed by atoms with Gasteiger partial charge in [-0.25, -0.2) is 0 Å². The molecule has 1 saturated heterocycles. The largest absolute Gasteiger partial charge is 0.459 e. The summed E-state index contributed by atoms with van der Waals surface area (Å²) in [6, 6.07) is 3.33. The summed E-state index contributed by atoms with van der Waals surface area (Å²) in [5.74, 6) is 0.346. The first kappa shape index (κ1) is 15.6. The van der Waals surface area contributed by atoms with E-state index in [1.165, 1.54) is 6.26 Å². The molecule has 2 aliphatic heterocycles. The Balaban J connectivity index is 1.57. The molecule has 1 aromatic heterocycles. The Kier molecular flexibility index (Phi) is 4.11. The first-order chi connectivity index (χ1) is 11.0. The topological polar surface area (TPSA) is 84.1 Å². The van der Waals surface area contributed by atoms with Gasteiger partial charge in [-0.2, -0.15) is 0 Å². The Morgan fingerprint density at radius 1 is 1.48 bits per heavy atom. The minimum absolute atomic E-state index is 0.159. The lowest BCUT2D eigenvalue weighted by Gasteiger charge is -2.21. The molecule has 7 nitrogen and oxygen atoms in total. The van der Waals surface area contributed by atoms with Crippen molar-refractivity contribution in [1.29, 1.82) is 0 Å². The third kappa shape index (κ3) is 3.23. The van der Waals surface area contributed by atoms with Crippen molar-refractivity contribution in [3.8, 4) is 0 Å². The average molecular weight is 319 g/mol. The van der Waals surface area contributed by atoms with Gasteiger partial charge in [0.05, 0.1) is 12.8 Å². The van der Waals surface area contributed by atoms with E-state index >= 15 is 0 Å². The Bertz CT molecular complexity index is 623. The Morgan fingerprint density at radius 3 is 3.00 bits per heavy atom. The third-order valence-electron chi connectivity index (χ3n) is 4.11. The first-order valence-electron chi connectivity index (χ1n) is 7.85. The molecule has 2 aliphatic rings. The van der Waals surface area contributed by atoms with Gasteiger partial charge < -0.3 is 19.5 Å². The zero-order valence-electron chi connectivity index (χ0n) is 13.4. The number of hydrogen-bond acceptors (Lipinski definition) is 5.